The lowest BCUT2D eigenvalue weighted by atomic mass is 10.0. The van der Waals surface area contributed by atoms with Crippen LogP contribution in [0.3, 0.4) is 0 Å². The zero-order chi connectivity index (χ0) is 22.0. The summed E-state index contributed by atoms with van der Waals surface area (Å²) in [7, 11) is 3.23. The van der Waals surface area contributed by atoms with Crippen LogP contribution in [0.25, 0.3) is 0 Å². The number of nitrogens with zero attached hydrogens (tertiary/aromatic N) is 2. The first-order valence-electron chi connectivity index (χ1n) is 10.5. The van der Waals surface area contributed by atoms with E-state index in [0.717, 1.165) is 29.0 Å². The average molecular weight is 441 g/mol. The van der Waals surface area contributed by atoms with Gasteiger partial charge in [-0.3, -0.25) is 9.59 Å². The van der Waals surface area contributed by atoms with E-state index in [-0.39, 0.29) is 30.2 Å². The van der Waals surface area contributed by atoms with Gasteiger partial charge < -0.3 is 19.3 Å². The van der Waals surface area contributed by atoms with Gasteiger partial charge in [-0.2, -0.15) is 0 Å². The number of ether oxygens (including phenoxy) is 2. The minimum Gasteiger partial charge on any atom is -0.493 e. The first-order chi connectivity index (χ1) is 15.0. The molecule has 0 radical (unpaired) electrons. The van der Waals surface area contributed by atoms with Gasteiger partial charge in [0.1, 0.15) is 0 Å². The number of amides is 2. The van der Waals surface area contributed by atoms with Crippen molar-refractivity contribution in [2.24, 2.45) is 5.92 Å². The van der Waals surface area contributed by atoms with Crippen LogP contribution >= 0.6 is 11.8 Å². The van der Waals surface area contributed by atoms with E-state index in [0.29, 0.717) is 24.6 Å². The number of rotatable bonds is 6. The summed E-state index contributed by atoms with van der Waals surface area (Å²) in [5.41, 5.74) is 1.90. The van der Waals surface area contributed by atoms with Crippen LogP contribution in [0.15, 0.2) is 47.4 Å². The lowest BCUT2D eigenvalue weighted by Gasteiger charge is -2.28. The van der Waals surface area contributed by atoms with E-state index in [2.05, 4.69) is 0 Å². The van der Waals surface area contributed by atoms with Gasteiger partial charge in [-0.05, 0) is 61.1 Å². The minimum atomic E-state index is -0.312. The summed E-state index contributed by atoms with van der Waals surface area (Å²) in [6.07, 6.45) is 4.14. The second-order valence-corrected chi connectivity index (χ2v) is 8.79. The summed E-state index contributed by atoms with van der Waals surface area (Å²) >= 11 is 1.67. The van der Waals surface area contributed by atoms with Crippen LogP contribution in [0.5, 0.6) is 11.5 Å². The number of methoxy groups -OCH3 is 2. The molecule has 2 aliphatic heterocycles. The summed E-state index contributed by atoms with van der Waals surface area (Å²) in [5.74, 6) is 1.10. The van der Waals surface area contributed by atoms with Gasteiger partial charge >= 0.3 is 0 Å². The highest BCUT2D eigenvalue weighted by molar-refractivity contribution is 7.98. The molecule has 164 valence electrons. The molecule has 2 fully saturated rings. The molecule has 2 heterocycles. The van der Waals surface area contributed by atoms with Gasteiger partial charge in [0.15, 0.2) is 11.5 Å². The Bertz CT molecular complexity index is 963. The molecule has 2 amide bonds. The Morgan fingerprint density at radius 2 is 1.81 bits per heavy atom. The first kappa shape index (κ1) is 21.6. The van der Waals surface area contributed by atoms with E-state index in [1.54, 1.807) is 30.9 Å². The summed E-state index contributed by atoms with van der Waals surface area (Å²) in [5, 5.41) is 0. The van der Waals surface area contributed by atoms with Crippen molar-refractivity contribution >= 4 is 29.3 Å². The standard InChI is InChI=1S/C24H28N2O4S/c1-29-21-11-6-16(13-22(21)30-2)20-5-4-12-25(20)24(28)17-14-23(27)26(15-17)18-7-9-19(31-3)10-8-18/h6-11,13,17,20H,4-5,12,14-15H2,1-3H3/t17-,20+/m0/s1. The molecule has 0 N–H and O–H groups in total. The maximum Gasteiger partial charge on any atom is 0.228 e. The normalized spacial score (nSPS) is 20.9. The third kappa shape index (κ3) is 4.24. The minimum absolute atomic E-state index is 0.00248. The maximum absolute atomic E-state index is 13.4. The molecule has 2 aromatic rings. The fourth-order valence-corrected chi connectivity index (χ4v) is 4.96. The highest BCUT2D eigenvalue weighted by atomic mass is 32.2. The molecule has 7 heteroatoms. The largest absolute Gasteiger partial charge is 0.493 e. The Kier molecular flexibility index (Phi) is 6.41. The van der Waals surface area contributed by atoms with E-state index < -0.39 is 0 Å². The summed E-state index contributed by atoms with van der Waals surface area (Å²) in [6, 6.07) is 13.8. The molecule has 31 heavy (non-hydrogen) atoms. The van der Waals surface area contributed by atoms with Crippen LogP contribution in [-0.4, -0.2) is 50.3 Å². The molecule has 0 saturated carbocycles. The van der Waals surface area contributed by atoms with Crippen LogP contribution in [0, 0.1) is 5.92 Å². The Hall–Kier alpha value is -2.67. The van der Waals surface area contributed by atoms with Crippen LogP contribution in [0.2, 0.25) is 0 Å². The van der Waals surface area contributed by atoms with E-state index in [9.17, 15) is 9.59 Å². The van der Waals surface area contributed by atoms with Gasteiger partial charge in [0.2, 0.25) is 11.8 Å². The SMILES string of the molecule is COc1ccc([C@H]2CCCN2C(=O)[C@H]2CC(=O)N(c3ccc(SC)cc3)C2)cc1OC. The average Bonchev–Trinajstić information content (AvgIpc) is 3.45. The van der Waals surface area contributed by atoms with Crippen molar-refractivity contribution in [3.05, 3.63) is 48.0 Å². The molecular weight excluding hydrogens is 412 g/mol. The van der Waals surface area contributed by atoms with Crippen LogP contribution < -0.4 is 14.4 Å². The van der Waals surface area contributed by atoms with Gasteiger partial charge in [0.05, 0.1) is 26.2 Å². The van der Waals surface area contributed by atoms with Crippen LogP contribution in [-0.2, 0) is 9.59 Å². The van der Waals surface area contributed by atoms with Crippen molar-refractivity contribution in [3.8, 4) is 11.5 Å². The number of carbonyl (C=O) groups is 2. The highest BCUT2D eigenvalue weighted by Crippen LogP contribution is 2.38. The topological polar surface area (TPSA) is 59.1 Å². The van der Waals surface area contributed by atoms with E-state index in [1.807, 2.05) is 53.6 Å². The van der Waals surface area contributed by atoms with Crippen molar-refractivity contribution in [3.63, 3.8) is 0 Å². The fraction of sp³-hybridized carbons (Fsp3) is 0.417. The molecule has 0 aliphatic carbocycles. The molecule has 6 nitrogen and oxygen atoms in total. The quantitative estimate of drug-likeness (QED) is 0.632. The molecule has 2 aliphatic rings. The van der Waals surface area contributed by atoms with E-state index in [1.165, 1.54) is 0 Å². The Morgan fingerprint density at radius 3 is 2.48 bits per heavy atom. The molecule has 2 atom stereocenters. The second-order valence-electron chi connectivity index (χ2n) is 7.91. The van der Waals surface area contributed by atoms with Crippen LogP contribution in [0.4, 0.5) is 5.69 Å². The molecule has 0 bridgehead atoms. The lowest BCUT2D eigenvalue weighted by Crippen LogP contribution is -2.37. The highest BCUT2D eigenvalue weighted by Gasteiger charge is 2.40. The summed E-state index contributed by atoms with van der Waals surface area (Å²) in [4.78, 5) is 30.9. The number of likely N-dealkylation sites (tertiary alicyclic amines) is 1. The zero-order valence-electron chi connectivity index (χ0n) is 18.2. The third-order valence-corrected chi connectivity index (χ3v) is 6.93. The van der Waals surface area contributed by atoms with Crippen molar-refractivity contribution in [2.75, 3.05) is 38.5 Å². The molecule has 2 aromatic carbocycles. The predicted molar refractivity (Wildman–Crippen MR) is 122 cm³/mol. The van der Waals surface area contributed by atoms with Crippen LogP contribution in [0.1, 0.15) is 30.9 Å². The van der Waals surface area contributed by atoms with Gasteiger partial charge in [-0.15, -0.1) is 11.8 Å². The van der Waals surface area contributed by atoms with Gasteiger partial charge in [0, 0.05) is 30.1 Å². The van der Waals surface area contributed by atoms with Gasteiger partial charge in [0.25, 0.3) is 0 Å². The van der Waals surface area contributed by atoms with E-state index >= 15 is 0 Å². The molecular formula is C24H28N2O4S. The number of thioether (sulfide) groups is 1. The Balaban J connectivity index is 1.50. The Morgan fingerprint density at radius 1 is 1.06 bits per heavy atom. The summed E-state index contributed by atoms with van der Waals surface area (Å²) < 4.78 is 10.8. The van der Waals surface area contributed by atoms with Gasteiger partial charge in [-0.1, -0.05) is 6.07 Å². The number of anilines is 1. The smallest absolute Gasteiger partial charge is 0.228 e. The number of benzene rings is 2. The zero-order valence-corrected chi connectivity index (χ0v) is 19.0. The predicted octanol–water partition coefficient (Wildman–Crippen LogP) is 4.14. The van der Waals surface area contributed by atoms with Crippen molar-refractivity contribution in [1.82, 2.24) is 4.90 Å². The first-order valence-corrected chi connectivity index (χ1v) is 11.7. The number of hydrogen-bond donors (Lipinski definition) is 0. The van der Waals surface area contributed by atoms with Gasteiger partial charge in [-0.25, -0.2) is 0 Å². The van der Waals surface area contributed by atoms with E-state index in [4.69, 9.17) is 9.47 Å². The fourth-order valence-electron chi connectivity index (χ4n) is 4.56. The Labute approximate surface area is 187 Å². The van der Waals surface area contributed by atoms with Crippen molar-refractivity contribution in [1.29, 1.82) is 0 Å². The molecule has 4 rings (SSSR count). The molecule has 0 spiro atoms. The number of hydrogen-bond acceptors (Lipinski definition) is 5. The molecule has 2 saturated heterocycles. The number of carbonyl (C=O) groups excluding carboxylic acids is 2. The maximum atomic E-state index is 13.4. The van der Waals surface area contributed by atoms with Crippen molar-refractivity contribution in [2.45, 2.75) is 30.2 Å². The van der Waals surface area contributed by atoms with Crippen molar-refractivity contribution < 1.29 is 19.1 Å². The lowest BCUT2D eigenvalue weighted by molar-refractivity contribution is -0.136. The molecule has 0 unspecified atom stereocenters. The molecule has 0 aromatic heterocycles. The second kappa shape index (κ2) is 9.22. The summed E-state index contributed by atoms with van der Waals surface area (Å²) in [6.45, 7) is 1.15. The third-order valence-electron chi connectivity index (χ3n) is 6.19. The monoisotopic (exact) mass is 440 g/mol.